The van der Waals surface area contributed by atoms with Crippen molar-refractivity contribution in [1.82, 2.24) is 0 Å². The molecule has 0 saturated heterocycles. The number of hydrogen-bond acceptors (Lipinski definition) is 6. The van der Waals surface area contributed by atoms with Crippen molar-refractivity contribution in [2.45, 2.75) is 52.4 Å². The second-order valence-electron chi connectivity index (χ2n) is 4.25. The quantitative estimate of drug-likeness (QED) is 0.329. The van der Waals surface area contributed by atoms with Gasteiger partial charge in [-0.1, -0.05) is 13.3 Å². The van der Waals surface area contributed by atoms with Gasteiger partial charge in [-0.15, -0.1) is 0 Å². The minimum Gasteiger partial charge on any atom is -0.466 e. The van der Waals surface area contributed by atoms with Crippen LogP contribution in [0, 0.1) is 0 Å². The molecule has 20 heavy (non-hydrogen) atoms. The van der Waals surface area contributed by atoms with Crippen molar-refractivity contribution in [2.24, 2.45) is 0 Å². The summed E-state index contributed by atoms with van der Waals surface area (Å²) in [5.41, 5.74) is 0. The van der Waals surface area contributed by atoms with E-state index in [4.69, 9.17) is 14.2 Å². The molecule has 0 aliphatic carbocycles. The smallest absolute Gasteiger partial charge is 0.344 e. The van der Waals surface area contributed by atoms with Crippen LogP contribution in [-0.2, 0) is 28.6 Å². The van der Waals surface area contributed by atoms with Crippen molar-refractivity contribution in [2.75, 3.05) is 19.8 Å². The monoisotopic (exact) mass is 288 g/mol. The molecular weight excluding hydrogens is 264 g/mol. The molecule has 0 amide bonds. The van der Waals surface area contributed by atoms with Crippen LogP contribution in [0.3, 0.4) is 0 Å². The zero-order valence-electron chi connectivity index (χ0n) is 12.3. The fourth-order valence-corrected chi connectivity index (χ4v) is 1.36. The molecule has 0 N–H and O–H groups in total. The summed E-state index contributed by atoms with van der Waals surface area (Å²) in [6.07, 6.45) is 3.31. The predicted molar refractivity (Wildman–Crippen MR) is 71.9 cm³/mol. The Balaban J connectivity index is 3.49. The van der Waals surface area contributed by atoms with E-state index >= 15 is 0 Å². The minimum atomic E-state index is -0.529. The normalized spacial score (nSPS) is 9.90. The first kappa shape index (κ1) is 18.4. The zero-order valence-corrected chi connectivity index (χ0v) is 12.3. The summed E-state index contributed by atoms with van der Waals surface area (Å²) in [6.45, 7) is 4.10. The Kier molecular flexibility index (Phi) is 11.5. The van der Waals surface area contributed by atoms with E-state index in [2.05, 4.69) is 0 Å². The Morgan fingerprint density at radius 3 is 1.90 bits per heavy atom. The highest BCUT2D eigenvalue weighted by molar-refractivity contribution is 5.76. The van der Waals surface area contributed by atoms with Gasteiger partial charge in [-0.3, -0.25) is 9.59 Å². The molecule has 0 radical (unpaired) electrons. The molecule has 0 aliphatic rings. The standard InChI is InChI=1S/C14H24O6/c1-3-5-10-19-14(17)11-20-13(16)9-7-6-8-12(15)18-4-2/h3-11H2,1-2H3. The third-order valence-electron chi connectivity index (χ3n) is 2.43. The summed E-state index contributed by atoms with van der Waals surface area (Å²) in [6, 6.07) is 0. The van der Waals surface area contributed by atoms with E-state index in [0.29, 0.717) is 32.5 Å². The fraction of sp³-hybridized carbons (Fsp3) is 0.786. The fourth-order valence-electron chi connectivity index (χ4n) is 1.36. The third kappa shape index (κ3) is 11.5. The van der Waals surface area contributed by atoms with Gasteiger partial charge in [-0.2, -0.15) is 0 Å². The van der Waals surface area contributed by atoms with E-state index in [0.717, 1.165) is 12.8 Å². The maximum absolute atomic E-state index is 11.3. The van der Waals surface area contributed by atoms with Gasteiger partial charge in [0.25, 0.3) is 0 Å². The second-order valence-corrected chi connectivity index (χ2v) is 4.25. The van der Waals surface area contributed by atoms with Crippen LogP contribution in [0.15, 0.2) is 0 Å². The van der Waals surface area contributed by atoms with Crippen LogP contribution in [0.2, 0.25) is 0 Å². The summed E-state index contributed by atoms with van der Waals surface area (Å²) in [5.74, 6) is -1.25. The Labute approximate surface area is 119 Å². The lowest BCUT2D eigenvalue weighted by molar-refractivity contribution is -0.158. The first-order valence-corrected chi connectivity index (χ1v) is 7.07. The summed E-state index contributed by atoms with van der Waals surface area (Å²) in [4.78, 5) is 33.5. The van der Waals surface area contributed by atoms with Gasteiger partial charge < -0.3 is 14.2 Å². The Morgan fingerprint density at radius 1 is 0.750 bits per heavy atom. The van der Waals surface area contributed by atoms with E-state index < -0.39 is 11.9 Å². The number of hydrogen-bond donors (Lipinski definition) is 0. The Morgan fingerprint density at radius 2 is 1.35 bits per heavy atom. The molecule has 6 nitrogen and oxygen atoms in total. The molecule has 116 valence electrons. The summed E-state index contributed by atoms with van der Waals surface area (Å²) in [7, 11) is 0. The third-order valence-corrected chi connectivity index (χ3v) is 2.43. The lowest BCUT2D eigenvalue weighted by Crippen LogP contribution is -2.16. The van der Waals surface area contributed by atoms with Gasteiger partial charge >= 0.3 is 17.9 Å². The summed E-state index contributed by atoms with van der Waals surface area (Å²) < 4.78 is 14.4. The average molecular weight is 288 g/mol. The predicted octanol–water partition coefficient (Wildman–Crippen LogP) is 2.00. The molecule has 0 rings (SSSR count). The maximum atomic E-state index is 11.3. The number of esters is 3. The molecule has 0 saturated carbocycles. The van der Waals surface area contributed by atoms with Crippen molar-refractivity contribution in [3.05, 3.63) is 0 Å². The van der Waals surface area contributed by atoms with Gasteiger partial charge in [0.2, 0.25) is 0 Å². The van der Waals surface area contributed by atoms with Crippen molar-refractivity contribution in [1.29, 1.82) is 0 Å². The highest BCUT2D eigenvalue weighted by Gasteiger charge is 2.09. The first-order chi connectivity index (χ1) is 9.60. The second kappa shape index (κ2) is 12.4. The van der Waals surface area contributed by atoms with Crippen LogP contribution in [0.1, 0.15) is 52.4 Å². The van der Waals surface area contributed by atoms with Crippen LogP contribution >= 0.6 is 0 Å². The molecule has 0 unspecified atom stereocenters. The van der Waals surface area contributed by atoms with Gasteiger partial charge in [-0.05, 0) is 26.2 Å². The lowest BCUT2D eigenvalue weighted by Gasteiger charge is -2.05. The maximum Gasteiger partial charge on any atom is 0.344 e. The molecule has 0 aromatic heterocycles. The number of carbonyl (C=O) groups is 3. The van der Waals surface area contributed by atoms with Crippen molar-refractivity contribution in [3.63, 3.8) is 0 Å². The van der Waals surface area contributed by atoms with E-state index in [-0.39, 0.29) is 19.0 Å². The van der Waals surface area contributed by atoms with Crippen molar-refractivity contribution < 1.29 is 28.6 Å². The van der Waals surface area contributed by atoms with Crippen LogP contribution in [0.5, 0.6) is 0 Å². The summed E-state index contributed by atoms with van der Waals surface area (Å²) in [5, 5.41) is 0. The van der Waals surface area contributed by atoms with Crippen molar-refractivity contribution in [3.8, 4) is 0 Å². The van der Waals surface area contributed by atoms with E-state index in [9.17, 15) is 14.4 Å². The van der Waals surface area contributed by atoms with Crippen LogP contribution in [0.4, 0.5) is 0 Å². The van der Waals surface area contributed by atoms with Gasteiger partial charge in [0.05, 0.1) is 13.2 Å². The zero-order chi connectivity index (χ0) is 15.2. The highest BCUT2D eigenvalue weighted by atomic mass is 16.6. The number of unbranched alkanes of at least 4 members (excludes halogenated alkanes) is 2. The minimum absolute atomic E-state index is 0.182. The Bertz CT molecular complexity index is 300. The molecule has 0 fully saturated rings. The number of rotatable bonds is 11. The molecule has 0 atom stereocenters. The van der Waals surface area contributed by atoms with Crippen LogP contribution in [0.25, 0.3) is 0 Å². The van der Waals surface area contributed by atoms with Crippen LogP contribution in [-0.4, -0.2) is 37.7 Å². The Hall–Kier alpha value is -1.59. The highest BCUT2D eigenvalue weighted by Crippen LogP contribution is 2.03. The van der Waals surface area contributed by atoms with Gasteiger partial charge in [-0.25, -0.2) is 4.79 Å². The summed E-state index contributed by atoms with van der Waals surface area (Å²) >= 11 is 0. The van der Waals surface area contributed by atoms with E-state index in [1.165, 1.54) is 0 Å². The number of ether oxygens (including phenoxy) is 3. The SMILES string of the molecule is CCCCOC(=O)COC(=O)CCCCC(=O)OCC. The molecule has 0 heterocycles. The molecular formula is C14H24O6. The topological polar surface area (TPSA) is 78.9 Å². The molecule has 0 spiro atoms. The van der Waals surface area contributed by atoms with Crippen molar-refractivity contribution >= 4 is 17.9 Å². The first-order valence-electron chi connectivity index (χ1n) is 7.07. The molecule has 0 aromatic carbocycles. The van der Waals surface area contributed by atoms with Gasteiger partial charge in [0.1, 0.15) is 0 Å². The average Bonchev–Trinajstić information content (AvgIpc) is 2.42. The largest absolute Gasteiger partial charge is 0.466 e. The van der Waals surface area contributed by atoms with E-state index in [1.54, 1.807) is 6.92 Å². The molecule has 0 bridgehead atoms. The molecule has 6 heteroatoms. The van der Waals surface area contributed by atoms with Gasteiger partial charge in [0, 0.05) is 12.8 Å². The van der Waals surface area contributed by atoms with Gasteiger partial charge in [0.15, 0.2) is 6.61 Å². The van der Waals surface area contributed by atoms with E-state index in [1.807, 2.05) is 6.92 Å². The lowest BCUT2D eigenvalue weighted by atomic mass is 10.2. The van der Waals surface area contributed by atoms with Crippen LogP contribution < -0.4 is 0 Å². The molecule has 0 aromatic rings. The molecule has 0 aliphatic heterocycles. The number of carbonyl (C=O) groups excluding carboxylic acids is 3.